The van der Waals surface area contributed by atoms with Crippen LogP contribution < -0.4 is 5.56 Å². The van der Waals surface area contributed by atoms with Crippen LogP contribution in [0.3, 0.4) is 0 Å². The predicted molar refractivity (Wildman–Crippen MR) is 100 cm³/mol. The van der Waals surface area contributed by atoms with E-state index in [1.165, 1.54) is 11.1 Å². The number of aromatic nitrogens is 2. The molecule has 0 saturated heterocycles. The molecule has 0 aliphatic rings. The van der Waals surface area contributed by atoms with E-state index in [4.69, 9.17) is 0 Å². The van der Waals surface area contributed by atoms with Crippen LogP contribution in [-0.2, 0) is 12.3 Å². The summed E-state index contributed by atoms with van der Waals surface area (Å²) in [5.74, 6) is 0.800. The van der Waals surface area contributed by atoms with Gasteiger partial charge in [0.25, 0.3) is 5.56 Å². The quantitative estimate of drug-likeness (QED) is 0.476. The van der Waals surface area contributed by atoms with Gasteiger partial charge in [0, 0.05) is 16.8 Å². The van der Waals surface area contributed by atoms with E-state index in [0.29, 0.717) is 11.9 Å². The van der Waals surface area contributed by atoms with Crippen LogP contribution in [0.2, 0.25) is 0 Å². The van der Waals surface area contributed by atoms with E-state index in [1.807, 2.05) is 25.1 Å². The molecule has 1 heterocycles. The molecule has 2 aromatic carbocycles. The summed E-state index contributed by atoms with van der Waals surface area (Å²) >= 11 is 5.02. The lowest BCUT2D eigenvalue weighted by Crippen LogP contribution is -2.22. The summed E-state index contributed by atoms with van der Waals surface area (Å²) in [4.78, 5) is 17.4. The van der Waals surface area contributed by atoms with Gasteiger partial charge in [0.2, 0.25) is 0 Å². The molecule has 0 amide bonds. The second-order valence-electron chi connectivity index (χ2n) is 5.38. The number of halogens is 1. The maximum absolute atomic E-state index is 12.7. The third kappa shape index (κ3) is 3.51. The highest BCUT2D eigenvalue weighted by Gasteiger charge is 2.11. The minimum Gasteiger partial charge on any atom is -0.287 e. The number of nitrogens with zero attached hydrogens (tertiary/aromatic N) is 2. The van der Waals surface area contributed by atoms with Gasteiger partial charge >= 0.3 is 0 Å². The van der Waals surface area contributed by atoms with E-state index in [9.17, 15) is 4.79 Å². The molecule has 118 valence electrons. The standard InChI is InChI=1S/C18H17BrN2OS/c1-3-21-17(22)15-10-14(19)8-9-16(15)20-18(21)23-11-13-6-4-12(2)5-7-13/h4-10H,3,11H2,1-2H3. The van der Waals surface area contributed by atoms with Crippen LogP contribution in [0.25, 0.3) is 10.9 Å². The molecule has 3 rings (SSSR count). The minimum absolute atomic E-state index is 0.0187. The SMILES string of the molecule is CCn1c(SCc2ccc(C)cc2)nc2ccc(Br)cc2c1=O. The molecule has 1 aromatic heterocycles. The molecule has 0 N–H and O–H groups in total. The Balaban J connectivity index is 1.98. The third-order valence-corrected chi connectivity index (χ3v) is 5.23. The minimum atomic E-state index is 0.0187. The summed E-state index contributed by atoms with van der Waals surface area (Å²) in [7, 11) is 0. The van der Waals surface area contributed by atoms with Crippen molar-refractivity contribution in [2.45, 2.75) is 31.3 Å². The van der Waals surface area contributed by atoms with Gasteiger partial charge in [-0.1, -0.05) is 57.5 Å². The number of hydrogen-bond acceptors (Lipinski definition) is 3. The summed E-state index contributed by atoms with van der Waals surface area (Å²) < 4.78 is 2.64. The molecule has 0 aliphatic carbocycles. The average molecular weight is 389 g/mol. The second-order valence-corrected chi connectivity index (χ2v) is 7.24. The van der Waals surface area contributed by atoms with Crippen molar-refractivity contribution in [2.75, 3.05) is 0 Å². The van der Waals surface area contributed by atoms with Crippen LogP contribution in [0.5, 0.6) is 0 Å². The zero-order valence-electron chi connectivity index (χ0n) is 13.0. The first-order valence-electron chi connectivity index (χ1n) is 7.47. The van der Waals surface area contributed by atoms with Crippen molar-refractivity contribution in [3.63, 3.8) is 0 Å². The highest BCUT2D eigenvalue weighted by Crippen LogP contribution is 2.23. The topological polar surface area (TPSA) is 34.9 Å². The number of hydrogen-bond donors (Lipinski definition) is 0. The van der Waals surface area contributed by atoms with Crippen molar-refractivity contribution in [1.82, 2.24) is 9.55 Å². The fourth-order valence-corrected chi connectivity index (χ4v) is 3.77. The van der Waals surface area contributed by atoms with Crippen LogP contribution in [0.4, 0.5) is 0 Å². The molecule has 0 bridgehead atoms. The lowest BCUT2D eigenvalue weighted by Gasteiger charge is -2.11. The molecule has 5 heteroatoms. The summed E-state index contributed by atoms with van der Waals surface area (Å²) in [6.07, 6.45) is 0. The first-order valence-corrected chi connectivity index (χ1v) is 9.25. The maximum Gasteiger partial charge on any atom is 0.262 e. The van der Waals surface area contributed by atoms with Crippen molar-refractivity contribution in [1.29, 1.82) is 0 Å². The van der Waals surface area contributed by atoms with Crippen LogP contribution in [0.15, 0.2) is 56.9 Å². The molecule has 0 radical (unpaired) electrons. The molecular formula is C18H17BrN2OS. The fourth-order valence-electron chi connectivity index (χ4n) is 2.39. The highest BCUT2D eigenvalue weighted by molar-refractivity contribution is 9.10. The van der Waals surface area contributed by atoms with Crippen LogP contribution in [0, 0.1) is 6.92 Å². The Hall–Kier alpha value is -1.59. The largest absolute Gasteiger partial charge is 0.287 e. The Morgan fingerprint density at radius 2 is 1.91 bits per heavy atom. The third-order valence-electron chi connectivity index (χ3n) is 3.69. The van der Waals surface area contributed by atoms with E-state index >= 15 is 0 Å². The van der Waals surface area contributed by atoms with Gasteiger partial charge in [-0.3, -0.25) is 9.36 Å². The zero-order valence-corrected chi connectivity index (χ0v) is 15.4. The lowest BCUT2D eigenvalue weighted by atomic mass is 10.2. The molecule has 0 atom stereocenters. The van der Waals surface area contributed by atoms with E-state index < -0.39 is 0 Å². The Bertz CT molecular complexity index is 903. The predicted octanol–water partition coefficient (Wildman–Crippen LogP) is 4.78. The van der Waals surface area contributed by atoms with Gasteiger partial charge in [-0.15, -0.1) is 0 Å². The Morgan fingerprint density at radius 1 is 1.17 bits per heavy atom. The van der Waals surface area contributed by atoms with E-state index in [2.05, 4.69) is 52.1 Å². The lowest BCUT2D eigenvalue weighted by molar-refractivity contribution is 0.634. The highest BCUT2D eigenvalue weighted by atomic mass is 79.9. The summed E-state index contributed by atoms with van der Waals surface area (Å²) in [6, 6.07) is 14.1. The van der Waals surface area contributed by atoms with Gasteiger partial charge in [-0.2, -0.15) is 0 Å². The van der Waals surface area contributed by atoms with E-state index in [0.717, 1.165) is 20.9 Å². The number of thioether (sulfide) groups is 1. The van der Waals surface area contributed by atoms with Gasteiger partial charge in [-0.05, 0) is 37.6 Å². The summed E-state index contributed by atoms with van der Waals surface area (Å²) in [5.41, 5.74) is 3.24. The van der Waals surface area contributed by atoms with Gasteiger partial charge < -0.3 is 0 Å². The van der Waals surface area contributed by atoms with Crippen LogP contribution >= 0.6 is 27.7 Å². The molecular weight excluding hydrogens is 372 g/mol. The normalized spacial score (nSPS) is 11.1. The zero-order chi connectivity index (χ0) is 16.4. The van der Waals surface area contributed by atoms with E-state index in [-0.39, 0.29) is 5.56 Å². The molecule has 0 saturated carbocycles. The molecule has 3 nitrogen and oxygen atoms in total. The summed E-state index contributed by atoms with van der Waals surface area (Å²) in [6.45, 7) is 4.67. The molecule has 0 spiro atoms. The number of benzene rings is 2. The van der Waals surface area contributed by atoms with Gasteiger partial charge in [0.15, 0.2) is 5.16 Å². The summed E-state index contributed by atoms with van der Waals surface area (Å²) in [5, 5.41) is 1.42. The Labute approximate surface area is 147 Å². The van der Waals surface area contributed by atoms with Crippen molar-refractivity contribution in [3.8, 4) is 0 Å². The molecule has 0 aliphatic heterocycles. The monoisotopic (exact) mass is 388 g/mol. The smallest absolute Gasteiger partial charge is 0.262 e. The molecule has 0 fully saturated rings. The fraction of sp³-hybridized carbons (Fsp3) is 0.222. The average Bonchev–Trinajstić information content (AvgIpc) is 2.55. The van der Waals surface area contributed by atoms with Crippen molar-refractivity contribution >= 4 is 38.6 Å². The van der Waals surface area contributed by atoms with Crippen LogP contribution in [0.1, 0.15) is 18.1 Å². The first-order chi connectivity index (χ1) is 11.1. The van der Waals surface area contributed by atoms with Crippen molar-refractivity contribution < 1.29 is 0 Å². The maximum atomic E-state index is 12.7. The number of rotatable bonds is 4. The number of fused-ring (bicyclic) bond motifs is 1. The van der Waals surface area contributed by atoms with Crippen LogP contribution in [-0.4, -0.2) is 9.55 Å². The van der Waals surface area contributed by atoms with Crippen molar-refractivity contribution in [3.05, 3.63) is 68.4 Å². The Kier molecular flexibility index (Phi) is 4.87. The molecule has 3 aromatic rings. The second kappa shape index (κ2) is 6.89. The Morgan fingerprint density at radius 3 is 2.61 bits per heavy atom. The first kappa shape index (κ1) is 16.3. The van der Waals surface area contributed by atoms with Crippen molar-refractivity contribution in [2.24, 2.45) is 0 Å². The molecule has 23 heavy (non-hydrogen) atoms. The van der Waals surface area contributed by atoms with E-state index in [1.54, 1.807) is 16.3 Å². The molecule has 0 unspecified atom stereocenters. The van der Waals surface area contributed by atoms with Gasteiger partial charge in [0.1, 0.15) is 0 Å². The van der Waals surface area contributed by atoms with Gasteiger partial charge in [-0.25, -0.2) is 4.98 Å². The van der Waals surface area contributed by atoms with Gasteiger partial charge in [0.05, 0.1) is 10.9 Å². The number of aryl methyl sites for hydroxylation is 1.